The van der Waals surface area contributed by atoms with Gasteiger partial charge in [-0.15, -0.1) is 5.10 Å². The Kier molecular flexibility index (Phi) is 6.96. The maximum Gasteiger partial charge on any atom is 0.255 e. The number of allylic oxidation sites excluding steroid dienone is 1. The molecule has 7 nitrogen and oxygen atoms in total. The quantitative estimate of drug-likeness (QED) is 0.296. The lowest BCUT2D eigenvalue weighted by Gasteiger charge is -2.29. The lowest BCUT2D eigenvalue weighted by molar-refractivity contribution is -0.113. The molecule has 9 heteroatoms. The summed E-state index contributed by atoms with van der Waals surface area (Å²) >= 11 is 1.34. The van der Waals surface area contributed by atoms with E-state index in [-0.39, 0.29) is 11.7 Å². The van der Waals surface area contributed by atoms with E-state index in [1.807, 2.05) is 62.4 Å². The van der Waals surface area contributed by atoms with Crippen molar-refractivity contribution in [2.45, 2.75) is 30.8 Å². The van der Waals surface area contributed by atoms with Gasteiger partial charge in [0.2, 0.25) is 11.1 Å². The third-order valence-corrected chi connectivity index (χ3v) is 7.10. The summed E-state index contributed by atoms with van der Waals surface area (Å²) in [7, 11) is 1.61. The zero-order chi connectivity index (χ0) is 25.9. The highest BCUT2D eigenvalue weighted by atomic mass is 32.2. The monoisotopic (exact) mass is 515 g/mol. The maximum atomic E-state index is 14.1. The second kappa shape index (κ2) is 10.5. The number of methoxy groups -OCH3 is 1. The summed E-state index contributed by atoms with van der Waals surface area (Å²) in [5.74, 6) is 1.12. The van der Waals surface area contributed by atoms with Crippen LogP contribution in [0.5, 0.6) is 5.75 Å². The van der Waals surface area contributed by atoms with Crippen molar-refractivity contribution < 1.29 is 13.9 Å². The van der Waals surface area contributed by atoms with Crippen molar-refractivity contribution in [3.63, 3.8) is 0 Å². The molecule has 1 amide bonds. The second-order valence-electron chi connectivity index (χ2n) is 8.65. The van der Waals surface area contributed by atoms with E-state index in [1.165, 1.54) is 17.8 Å². The second-order valence-corrected chi connectivity index (χ2v) is 9.59. The molecule has 188 valence electrons. The minimum atomic E-state index is -0.526. The smallest absolute Gasteiger partial charge is 0.255 e. The first-order valence-corrected chi connectivity index (χ1v) is 12.7. The molecule has 0 bridgehead atoms. The van der Waals surface area contributed by atoms with Crippen LogP contribution in [0.3, 0.4) is 0 Å². The van der Waals surface area contributed by atoms with Crippen LogP contribution >= 0.6 is 11.8 Å². The average Bonchev–Trinajstić information content (AvgIpc) is 3.31. The fourth-order valence-electron chi connectivity index (χ4n) is 4.24. The molecular weight excluding hydrogens is 489 g/mol. The Labute approximate surface area is 218 Å². The number of halogens is 1. The molecule has 2 heterocycles. The number of carbonyl (C=O) groups is 1. The van der Waals surface area contributed by atoms with Gasteiger partial charge < -0.3 is 15.4 Å². The highest BCUT2D eigenvalue weighted by Crippen LogP contribution is 2.37. The van der Waals surface area contributed by atoms with Crippen molar-refractivity contribution in [3.05, 3.63) is 107 Å². The van der Waals surface area contributed by atoms with E-state index in [4.69, 9.17) is 9.84 Å². The van der Waals surface area contributed by atoms with Gasteiger partial charge in [-0.3, -0.25) is 4.79 Å². The van der Waals surface area contributed by atoms with Gasteiger partial charge in [-0.1, -0.05) is 60.3 Å². The number of benzene rings is 3. The van der Waals surface area contributed by atoms with Crippen molar-refractivity contribution in [2.24, 2.45) is 0 Å². The number of anilines is 2. The fraction of sp³-hybridized carbons (Fsp3) is 0.179. The SMILES string of the molecule is COc1ccc(C2C(C(=O)Nc3ccccc3C)=C(C)Nc3nc(SCc4ccccc4F)nn32)cc1. The number of thioether (sulfide) groups is 1. The first kappa shape index (κ1) is 24.6. The van der Waals surface area contributed by atoms with Gasteiger partial charge in [-0.25, -0.2) is 9.07 Å². The molecule has 0 spiro atoms. The number of hydrogen-bond donors (Lipinski definition) is 2. The molecule has 0 saturated heterocycles. The Bertz CT molecular complexity index is 1480. The van der Waals surface area contributed by atoms with Crippen molar-refractivity contribution in [3.8, 4) is 5.75 Å². The van der Waals surface area contributed by atoms with Crippen LogP contribution in [0.4, 0.5) is 16.0 Å². The van der Waals surface area contributed by atoms with E-state index in [2.05, 4.69) is 15.6 Å². The number of carbonyl (C=O) groups excluding carboxylic acids is 1. The summed E-state index contributed by atoms with van der Waals surface area (Å²) in [6.45, 7) is 3.80. The number of ether oxygens (including phenoxy) is 1. The van der Waals surface area contributed by atoms with E-state index >= 15 is 0 Å². The number of aromatic nitrogens is 3. The summed E-state index contributed by atoms with van der Waals surface area (Å²) in [5, 5.41) is 11.5. The minimum absolute atomic E-state index is 0.234. The first-order valence-electron chi connectivity index (χ1n) is 11.8. The van der Waals surface area contributed by atoms with Crippen LogP contribution in [0.2, 0.25) is 0 Å². The lowest BCUT2D eigenvalue weighted by Crippen LogP contribution is -2.31. The van der Waals surface area contributed by atoms with Gasteiger partial charge in [0.05, 0.1) is 12.7 Å². The van der Waals surface area contributed by atoms with Crippen LogP contribution in [0.15, 0.2) is 89.2 Å². The third kappa shape index (κ3) is 5.08. The van der Waals surface area contributed by atoms with Gasteiger partial charge in [0.25, 0.3) is 5.91 Å². The summed E-state index contributed by atoms with van der Waals surface area (Å²) in [6.07, 6.45) is 0. The summed E-state index contributed by atoms with van der Waals surface area (Å²) in [6, 6.07) is 21.3. The van der Waals surface area contributed by atoms with Crippen LogP contribution in [-0.4, -0.2) is 27.8 Å². The van der Waals surface area contributed by atoms with Crippen LogP contribution < -0.4 is 15.4 Å². The Hall–Kier alpha value is -4.11. The van der Waals surface area contributed by atoms with E-state index in [1.54, 1.807) is 30.0 Å². The van der Waals surface area contributed by atoms with E-state index in [0.29, 0.717) is 39.4 Å². The number of nitrogens with one attached hydrogen (secondary N) is 2. The van der Waals surface area contributed by atoms with Gasteiger partial charge >= 0.3 is 0 Å². The largest absolute Gasteiger partial charge is 0.497 e. The molecule has 5 rings (SSSR count). The summed E-state index contributed by atoms with van der Waals surface area (Å²) in [4.78, 5) is 18.3. The zero-order valence-electron chi connectivity index (χ0n) is 20.7. The molecule has 2 N–H and O–H groups in total. The molecule has 37 heavy (non-hydrogen) atoms. The predicted octanol–water partition coefficient (Wildman–Crippen LogP) is 5.95. The van der Waals surface area contributed by atoms with Crippen LogP contribution in [0.25, 0.3) is 0 Å². The first-order chi connectivity index (χ1) is 17.9. The van der Waals surface area contributed by atoms with Crippen molar-refractivity contribution in [2.75, 3.05) is 17.7 Å². The predicted molar refractivity (Wildman–Crippen MR) is 143 cm³/mol. The van der Waals surface area contributed by atoms with Gasteiger partial charge in [0.15, 0.2) is 0 Å². The Morgan fingerprint density at radius 2 is 1.81 bits per heavy atom. The molecule has 1 unspecified atom stereocenters. The van der Waals surface area contributed by atoms with Crippen molar-refractivity contribution in [1.82, 2.24) is 14.8 Å². The number of nitrogens with zero attached hydrogens (tertiary/aromatic N) is 3. The normalized spacial score (nSPS) is 14.6. The van der Waals surface area contributed by atoms with E-state index < -0.39 is 6.04 Å². The Balaban J connectivity index is 1.50. The minimum Gasteiger partial charge on any atom is -0.497 e. The summed E-state index contributed by atoms with van der Waals surface area (Å²) < 4.78 is 21.2. The number of rotatable bonds is 7. The number of para-hydroxylation sites is 1. The number of amides is 1. The zero-order valence-corrected chi connectivity index (χ0v) is 21.5. The van der Waals surface area contributed by atoms with Crippen LogP contribution in [0.1, 0.15) is 29.7 Å². The van der Waals surface area contributed by atoms with E-state index in [0.717, 1.165) is 16.8 Å². The lowest BCUT2D eigenvalue weighted by atomic mass is 9.95. The topological polar surface area (TPSA) is 81.1 Å². The number of hydrogen-bond acceptors (Lipinski definition) is 6. The maximum absolute atomic E-state index is 14.1. The highest BCUT2D eigenvalue weighted by Gasteiger charge is 2.34. The van der Waals surface area contributed by atoms with Gasteiger partial charge in [-0.05, 0) is 54.8 Å². The molecule has 1 aliphatic heterocycles. The highest BCUT2D eigenvalue weighted by molar-refractivity contribution is 7.98. The fourth-order valence-corrected chi connectivity index (χ4v) is 5.06. The molecule has 1 atom stereocenters. The van der Waals surface area contributed by atoms with Crippen molar-refractivity contribution in [1.29, 1.82) is 0 Å². The molecule has 4 aromatic rings. The molecule has 0 saturated carbocycles. The van der Waals surface area contributed by atoms with Crippen LogP contribution in [-0.2, 0) is 10.5 Å². The Morgan fingerprint density at radius 3 is 2.54 bits per heavy atom. The van der Waals surface area contributed by atoms with Gasteiger partial charge in [0.1, 0.15) is 17.6 Å². The molecule has 1 aromatic heterocycles. The van der Waals surface area contributed by atoms with Gasteiger partial charge in [0, 0.05) is 17.1 Å². The number of aryl methyl sites for hydroxylation is 1. The summed E-state index contributed by atoms with van der Waals surface area (Å²) in [5.41, 5.74) is 4.34. The Morgan fingerprint density at radius 1 is 1.08 bits per heavy atom. The molecular formula is C28H26FN5O2S. The molecule has 3 aromatic carbocycles. The molecule has 0 aliphatic carbocycles. The number of fused-ring (bicyclic) bond motifs is 1. The molecule has 0 radical (unpaired) electrons. The van der Waals surface area contributed by atoms with E-state index in [9.17, 15) is 9.18 Å². The standard InChI is InChI=1S/C28H26FN5O2S/c1-17-8-4-7-11-23(17)31-26(35)24-18(2)30-27-32-28(37-16-20-9-5-6-10-22(20)29)33-34(27)25(24)19-12-14-21(36-3)15-13-19/h4-15,25H,16H2,1-3H3,(H,31,35)(H,30,32,33). The van der Waals surface area contributed by atoms with Crippen molar-refractivity contribution >= 4 is 29.3 Å². The average molecular weight is 516 g/mol. The van der Waals surface area contributed by atoms with Crippen LogP contribution in [0, 0.1) is 12.7 Å². The third-order valence-electron chi connectivity index (χ3n) is 6.22. The molecule has 0 fully saturated rings. The van der Waals surface area contributed by atoms with Gasteiger partial charge in [-0.2, -0.15) is 4.98 Å². The molecule has 1 aliphatic rings.